The second-order valence-corrected chi connectivity index (χ2v) is 7.32. The Balaban J connectivity index is 1.56. The number of hydrogen-bond acceptors (Lipinski definition) is 5. The second-order valence-electron chi connectivity index (χ2n) is 6.26. The van der Waals surface area contributed by atoms with Crippen molar-refractivity contribution < 1.29 is 23.0 Å². The molecule has 0 unspecified atom stereocenters. The summed E-state index contributed by atoms with van der Waals surface area (Å²) >= 11 is 1.56. The maximum atomic E-state index is 12.3. The van der Waals surface area contributed by atoms with E-state index in [1.165, 1.54) is 18.2 Å². The molecule has 1 heterocycles. The Kier molecular flexibility index (Phi) is 7.51. The van der Waals surface area contributed by atoms with Crippen molar-refractivity contribution in [1.29, 1.82) is 0 Å². The summed E-state index contributed by atoms with van der Waals surface area (Å²) in [5.41, 5.74) is 2.26. The van der Waals surface area contributed by atoms with Crippen molar-refractivity contribution in [3.63, 3.8) is 0 Å². The van der Waals surface area contributed by atoms with Gasteiger partial charge in [-0.2, -0.15) is 8.78 Å². The molecule has 0 aliphatic heterocycles. The molecule has 3 aromatic rings. The zero-order valence-electron chi connectivity index (χ0n) is 16.2. The molecule has 1 N–H and O–H groups in total. The van der Waals surface area contributed by atoms with Gasteiger partial charge in [0.2, 0.25) is 5.91 Å². The average molecular weight is 430 g/mol. The molecule has 30 heavy (non-hydrogen) atoms. The highest BCUT2D eigenvalue weighted by atomic mass is 32.1. The maximum absolute atomic E-state index is 12.3. The van der Waals surface area contributed by atoms with Gasteiger partial charge in [0.05, 0.1) is 10.7 Å². The first-order valence-electron chi connectivity index (χ1n) is 9.12. The number of carbonyl (C=O) groups is 1. The van der Waals surface area contributed by atoms with E-state index in [0.29, 0.717) is 17.9 Å². The SMILES string of the molecule is Cc1nc(COc2ccccc2/C=C/C(=O)NCc2cccc(OC(F)F)c2)cs1. The lowest BCUT2D eigenvalue weighted by atomic mass is 10.2. The molecule has 0 fully saturated rings. The molecule has 1 aromatic heterocycles. The van der Waals surface area contributed by atoms with Crippen molar-refractivity contribution in [2.75, 3.05) is 0 Å². The Bertz CT molecular complexity index is 1020. The van der Waals surface area contributed by atoms with Gasteiger partial charge in [0.25, 0.3) is 0 Å². The van der Waals surface area contributed by atoms with Gasteiger partial charge in [-0.25, -0.2) is 4.98 Å². The molecule has 0 spiro atoms. The minimum absolute atomic E-state index is 0.0497. The van der Waals surface area contributed by atoms with Gasteiger partial charge in [-0.15, -0.1) is 11.3 Å². The van der Waals surface area contributed by atoms with E-state index in [4.69, 9.17) is 4.74 Å². The molecule has 2 aromatic carbocycles. The highest BCUT2D eigenvalue weighted by Crippen LogP contribution is 2.21. The molecular formula is C22H20F2N2O3S. The van der Waals surface area contributed by atoms with E-state index in [0.717, 1.165) is 16.3 Å². The first-order valence-corrected chi connectivity index (χ1v) is 10.00. The number of aryl methyl sites for hydroxylation is 1. The number of para-hydroxylation sites is 1. The van der Waals surface area contributed by atoms with E-state index in [2.05, 4.69) is 15.0 Å². The van der Waals surface area contributed by atoms with E-state index in [9.17, 15) is 13.6 Å². The zero-order chi connectivity index (χ0) is 21.3. The van der Waals surface area contributed by atoms with E-state index in [1.807, 2.05) is 36.6 Å². The Morgan fingerprint density at radius 2 is 2.07 bits per heavy atom. The standard InChI is InChI=1S/C22H20F2N2O3S/c1-15-26-18(14-30-15)13-28-20-8-3-2-6-17(20)9-10-21(27)25-12-16-5-4-7-19(11-16)29-22(23)24/h2-11,14,22H,12-13H2,1H3,(H,25,27)/b10-9+. The van der Waals surface area contributed by atoms with Gasteiger partial charge >= 0.3 is 6.61 Å². The molecule has 0 bridgehead atoms. The van der Waals surface area contributed by atoms with Crippen LogP contribution >= 0.6 is 11.3 Å². The van der Waals surface area contributed by atoms with Crippen LogP contribution in [-0.2, 0) is 17.9 Å². The number of nitrogens with zero attached hydrogens (tertiary/aromatic N) is 1. The molecule has 0 aliphatic carbocycles. The van der Waals surface area contributed by atoms with Crippen molar-refractivity contribution in [3.8, 4) is 11.5 Å². The van der Waals surface area contributed by atoms with E-state index in [1.54, 1.807) is 29.5 Å². The van der Waals surface area contributed by atoms with Crippen LogP contribution in [0.2, 0.25) is 0 Å². The van der Waals surface area contributed by atoms with Crippen molar-refractivity contribution in [2.45, 2.75) is 26.7 Å². The fourth-order valence-electron chi connectivity index (χ4n) is 2.62. The molecule has 156 valence electrons. The number of thiazole rings is 1. The van der Waals surface area contributed by atoms with Crippen LogP contribution in [0.25, 0.3) is 6.08 Å². The van der Waals surface area contributed by atoms with Crippen molar-refractivity contribution >= 4 is 23.3 Å². The van der Waals surface area contributed by atoms with Crippen molar-refractivity contribution in [2.24, 2.45) is 0 Å². The quantitative estimate of drug-likeness (QED) is 0.488. The summed E-state index contributed by atoms with van der Waals surface area (Å²) in [7, 11) is 0. The third-order valence-corrected chi connectivity index (χ3v) is 4.79. The number of aromatic nitrogens is 1. The highest BCUT2D eigenvalue weighted by Gasteiger charge is 2.06. The third kappa shape index (κ3) is 6.66. The number of halogens is 2. The maximum Gasteiger partial charge on any atom is 0.387 e. The van der Waals surface area contributed by atoms with Gasteiger partial charge < -0.3 is 14.8 Å². The van der Waals surface area contributed by atoms with Gasteiger partial charge in [-0.1, -0.05) is 30.3 Å². The number of ether oxygens (including phenoxy) is 2. The molecule has 0 aliphatic rings. The van der Waals surface area contributed by atoms with Gasteiger partial charge in [0, 0.05) is 23.6 Å². The molecular weight excluding hydrogens is 410 g/mol. The lowest BCUT2D eigenvalue weighted by Gasteiger charge is -2.08. The van der Waals surface area contributed by atoms with Crippen LogP contribution in [0.5, 0.6) is 11.5 Å². The summed E-state index contributed by atoms with van der Waals surface area (Å²) < 4.78 is 34.8. The van der Waals surface area contributed by atoms with Crippen LogP contribution in [0.4, 0.5) is 8.78 Å². The monoisotopic (exact) mass is 430 g/mol. The van der Waals surface area contributed by atoms with E-state index >= 15 is 0 Å². The van der Waals surface area contributed by atoms with Crippen LogP contribution in [0.3, 0.4) is 0 Å². The minimum atomic E-state index is -2.89. The largest absolute Gasteiger partial charge is 0.487 e. The number of hydrogen-bond donors (Lipinski definition) is 1. The first kappa shape index (κ1) is 21.4. The Labute approximate surface area is 177 Å². The Hall–Kier alpha value is -3.26. The third-order valence-electron chi connectivity index (χ3n) is 3.97. The fraction of sp³-hybridized carbons (Fsp3) is 0.182. The summed E-state index contributed by atoms with van der Waals surface area (Å²) in [5, 5.41) is 5.64. The fourth-order valence-corrected chi connectivity index (χ4v) is 3.22. The minimum Gasteiger partial charge on any atom is -0.487 e. The smallest absolute Gasteiger partial charge is 0.387 e. The molecule has 5 nitrogen and oxygen atoms in total. The highest BCUT2D eigenvalue weighted by molar-refractivity contribution is 7.09. The van der Waals surface area contributed by atoms with Crippen molar-refractivity contribution in [3.05, 3.63) is 81.8 Å². The lowest BCUT2D eigenvalue weighted by molar-refractivity contribution is -0.116. The van der Waals surface area contributed by atoms with E-state index < -0.39 is 6.61 Å². The number of benzene rings is 2. The predicted octanol–water partition coefficient (Wildman–Crippen LogP) is 4.96. The Morgan fingerprint density at radius 1 is 1.23 bits per heavy atom. The molecule has 0 saturated carbocycles. The molecule has 0 radical (unpaired) electrons. The zero-order valence-corrected chi connectivity index (χ0v) is 17.0. The summed E-state index contributed by atoms with van der Waals surface area (Å²) in [6, 6.07) is 13.6. The van der Waals surface area contributed by atoms with Crippen LogP contribution in [0.1, 0.15) is 21.8 Å². The summed E-state index contributed by atoms with van der Waals surface area (Å²) in [4.78, 5) is 16.5. The van der Waals surface area contributed by atoms with Crippen LogP contribution in [-0.4, -0.2) is 17.5 Å². The van der Waals surface area contributed by atoms with Gasteiger partial charge in [0.1, 0.15) is 18.1 Å². The summed E-state index contributed by atoms with van der Waals surface area (Å²) in [6.45, 7) is -0.422. The first-order chi connectivity index (χ1) is 14.5. The van der Waals surface area contributed by atoms with Crippen LogP contribution in [0.15, 0.2) is 60.0 Å². The number of rotatable bonds is 9. The molecule has 1 amide bonds. The van der Waals surface area contributed by atoms with Gasteiger partial charge in [0.15, 0.2) is 0 Å². The van der Waals surface area contributed by atoms with Crippen molar-refractivity contribution in [1.82, 2.24) is 10.3 Å². The average Bonchev–Trinajstić information content (AvgIpc) is 3.14. The second kappa shape index (κ2) is 10.5. The molecule has 8 heteroatoms. The predicted molar refractivity (Wildman–Crippen MR) is 112 cm³/mol. The number of carbonyl (C=O) groups excluding carboxylic acids is 1. The molecule has 0 saturated heterocycles. The number of amides is 1. The normalized spacial score (nSPS) is 11.1. The summed E-state index contributed by atoms with van der Waals surface area (Å²) in [5.74, 6) is 0.373. The van der Waals surface area contributed by atoms with Crippen LogP contribution < -0.4 is 14.8 Å². The van der Waals surface area contributed by atoms with Gasteiger partial charge in [-0.05, 0) is 36.8 Å². The van der Waals surface area contributed by atoms with E-state index in [-0.39, 0.29) is 18.2 Å². The molecule has 3 rings (SSSR count). The molecule has 0 atom stereocenters. The topological polar surface area (TPSA) is 60.5 Å². The lowest BCUT2D eigenvalue weighted by Crippen LogP contribution is -2.20. The number of alkyl halides is 2. The Morgan fingerprint density at radius 3 is 2.83 bits per heavy atom. The van der Waals surface area contributed by atoms with Crippen LogP contribution in [0, 0.1) is 6.92 Å². The number of nitrogens with one attached hydrogen (secondary N) is 1. The summed E-state index contributed by atoms with van der Waals surface area (Å²) in [6.07, 6.45) is 3.06. The van der Waals surface area contributed by atoms with Gasteiger partial charge in [-0.3, -0.25) is 4.79 Å².